The molecule has 1 fully saturated rings. The van der Waals surface area contributed by atoms with Crippen LogP contribution in [0.3, 0.4) is 0 Å². The van der Waals surface area contributed by atoms with Crippen LogP contribution in [-0.2, 0) is 14.4 Å². The lowest BCUT2D eigenvalue weighted by molar-refractivity contribution is -0.318. The molecule has 0 spiro atoms. The van der Waals surface area contributed by atoms with Gasteiger partial charge in [-0.3, -0.25) is 10.1 Å². The smallest absolute Gasteiger partial charge is 0.306 e. The standard InChI is InChI=1S/C11H20O4/c1-4-8(2)10(15-13)11(3)5-6-14-9(12)7-11/h8,10,13H,4-7H2,1-3H3. The van der Waals surface area contributed by atoms with Gasteiger partial charge >= 0.3 is 5.97 Å². The van der Waals surface area contributed by atoms with Crippen molar-refractivity contribution in [3.8, 4) is 0 Å². The zero-order valence-electron chi connectivity index (χ0n) is 9.66. The Morgan fingerprint density at radius 2 is 2.33 bits per heavy atom. The number of hydrogen-bond acceptors (Lipinski definition) is 4. The van der Waals surface area contributed by atoms with Crippen molar-refractivity contribution in [2.24, 2.45) is 11.3 Å². The van der Waals surface area contributed by atoms with Crippen LogP contribution < -0.4 is 0 Å². The van der Waals surface area contributed by atoms with Crippen LogP contribution in [0, 0.1) is 11.3 Å². The lowest BCUT2D eigenvalue weighted by atomic mass is 9.72. The molecule has 0 aliphatic carbocycles. The molecule has 0 saturated carbocycles. The van der Waals surface area contributed by atoms with Gasteiger partial charge in [0.15, 0.2) is 0 Å². The minimum Gasteiger partial charge on any atom is -0.466 e. The average molecular weight is 216 g/mol. The number of ether oxygens (including phenoxy) is 1. The molecule has 3 atom stereocenters. The minimum atomic E-state index is -0.306. The predicted molar refractivity (Wildman–Crippen MR) is 55.3 cm³/mol. The third kappa shape index (κ3) is 2.69. The Morgan fingerprint density at radius 3 is 2.80 bits per heavy atom. The lowest BCUT2D eigenvalue weighted by Gasteiger charge is -2.40. The molecule has 0 bridgehead atoms. The number of hydrogen-bond donors (Lipinski definition) is 1. The molecule has 3 unspecified atom stereocenters. The summed E-state index contributed by atoms with van der Waals surface area (Å²) in [4.78, 5) is 15.8. The van der Waals surface area contributed by atoms with E-state index in [4.69, 9.17) is 9.99 Å². The topological polar surface area (TPSA) is 55.8 Å². The zero-order chi connectivity index (χ0) is 11.5. The van der Waals surface area contributed by atoms with Crippen LogP contribution >= 0.6 is 0 Å². The third-order valence-electron chi connectivity index (χ3n) is 3.45. The van der Waals surface area contributed by atoms with E-state index < -0.39 is 0 Å². The molecule has 1 aliphatic heterocycles. The summed E-state index contributed by atoms with van der Waals surface area (Å²) in [5.41, 5.74) is -0.306. The quantitative estimate of drug-likeness (QED) is 0.445. The Labute approximate surface area is 90.5 Å². The number of cyclic esters (lactones) is 1. The van der Waals surface area contributed by atoms with Gasteiger partial charge in [0.2, 0.25) is 0 Å². The molecular formula is C11H20O4. The van der Waals surface area contributed by atoms with Crippen LogP contribution in [0.15, 0.2) is 0 Å². The van der Waals surface area contributed by atoms with E-state index in [1.54, 1.807) is 0 Å². The molecule has 1 saturated heterocycles. The van der Waals surface area contributed by atoms with Crippen LogP contribution in [0.1, 0.15) is 40.0 Å². The second-order valence-electron chi connectivity index (χ2n) is 4.71. The van der Waals surface area contributed by atoms with E-state index in [1.165, 1.54) is 0 Å². The third-order valence-corrected chi connectivity index (χ3v) is 3.45. The number of carbonyl (C=O) groups excluding carboxylic acids is 1. The highest BCUT2D eigenvalue weighted by molar-refractivity contribution is 5.71. The summed E-state index contributed by atoms with van der Waals surface area (Å²) in [7, 11) is 0. The highest BCUT2D eigenvalue weighted by atomic mass is 17.1. The maximum atomic E-state index is 11.3. The summed E-state index contributed by atoms with van der Waals surface area (Å²) in [6.07, 6.45) is 1.68. The average Bonchev–Trinajstić information content (AvgIpc) is 2.17. The molecule has 4 heteroatoms. The van der Waals surface area contributed by atoms with Gasteiger partial charge in [-0.05, 0) is 12.3 Å². The fraction of sp³-hybridized carbons (Fsp3) is 0.909. The molecule has 1 N–H and O–H groups in total. The van der Waals surface area contributed by atoms with Crippen molar-refractivity contribution in [3.63, 3.8) is 0 Å². The van der Waals surface area contributed by atoms with Gasteiger partial charge in [-0.15, -0.1) is 0 Å². The fourth-order valence-electron chi connectivity index (χ4n) is 2.24. The second kappa shape index (κ2) is 4.94. The predicted octanol–water partition coefficient (Wildman–Crippen LogP) is 2.23. The van der Waals surface area contributed by atoms with Gasteiger partial charge in [0.05, 0.1) is 13.0 Å². The van der Waals surface area contributed by atoms with Gasteiger partial charge in [0, 0.05) is 5.41 Å². The van der Waals surface area contributed by atoms with Gasteiger partial charge in [0.1, 0.15) is 6.10 Å². The van der Waals surface area contributed by atoms with Crippen molar-refractivity contribution in [2.75, 3.05) is 6.61 Å². The summed E-state index contributed by atoms with van der Waals surface area (Å²) in [6, 6.07) is 0. The molecule has 1 heterocycles. The lowest BCUT2D eigenvalue weighted by Crippen LogP contribution is -2.44. The molecule has 0 aromatic heterocycles. The first-order valence-corrected chi connectivity index (χ1v) is 5.49. The van der Waals surface area contributed by atoms with Gasteiger partial charge in [-0.25, -0.2) is 4.89 Å². The molecule has 1 rings (SSSR count). The largest absolute Gasteiger partial charge is 0.466 e. The van der Waals surface area contributed by atoms with Crippen LogP contribution in [0.25, 0.3) is 0 Å². The van der Waals surface area contributed by atoms with Crippen molar-refractivity contribution in [1.29, 1.82) is 0 Å². The first kappa shape index (κ1) is 12.5. The number of rotatable bonds is 4. The first-order valence-electron chi connectivity index (χ1n) is 5.49. The molecule has 88 valence electrons. The van der Waals surface area contributed by atoms with Crippen LogP contribution in [0.2, 0.25) is 0 Å². The molecule has 4 nitrogen and oxygen atoms in total. The van der Waals surface area contributed by atoms with E-state index in [0.717, 1.165) is 12.8 Å². The minimum absolute atomic E-state index is 0.200. The SMILES string of the molecule is CCC(C)C(OO)C1(C)CCOC(=O)C1. The Balaban J connectivity index is 2.76. The second-order valence-corrected chi connectivity index (χ2v) is 4.71. The maximum absolute atomic E-state index is 11.3. The Kier molecular flexibility index (Phi) is 4.11. The molecule has 0 aromatic rings. The Morgan fingerprint density at radius 1 is 1.67 bits per heavy atom. The summed E-state index contributed by atoms with van der Waals surface area (Å²) in [5, 5.41) is 8.98. The summed E-state index contributed by atoms with van der Waals surface area (Å²) >= 11 is 0. The Bertz CT molecular complexity index is 229. The van der Waals surface area contributed by atoms with Gasteiger partial charge < -0.3 is 4.74 Å². The van der Waals surface area contributed by atoms with E-state index in [-0.39, 0.29) is 23.4 Å². The molecule has 0 amide bonds. The summed E-state index contributed by atoms with van der Waals surface area (Å²) in [6.45, 7) is 6.46. The number of carbonyl (C=O) groups is 1. The van der Waals surface area contributed by atoms with Crippen molar-refractivity contribution in [1.82, 2.24) is 0 Å². The Hall–Kier alpha value is -0.610. The van der Waals surface area contributed by atoms with Gasteiger partial charge in [-0.2, -0.15) is 0 Å². The van der Waals surface area contributed by atoms with E-state index in [9.17, 15) is 4.79 Å². The van der Waals surface area contributed by atoms with Crippen molar-refractivity contribution in [2.45, 2.75) is 46.1 Å². The zero-order valence-corrected chi connectivity index (χ0v) is 9.66. The molecule has 15 heavy (non-hydrogen) atoms. The van der Waals surface area contributed by atoms with Crippen LogP contribution in [-0.4, -0.2) is 23.9 Å². The normalized spacial score (nSPS) is 30.8. The summed E-state index contributed by atoms with van der Waals surface area (Å²) < 4.78 is 4.91. The molecule has 0 aromatic carbocycles. The van der Waals surface area contributed by atoms with Crippen molar-refractivity contribution < 1.29 is 19.7 Å². The fourth-order valence-corrected chi connectivity index (χ4v) is 2.24. The van der Waals surface area contributed by atoms with Crippen molar-refractivity contribution in [3.05, 3.63) is 0 Å². The molecule has 0 radical (unpaired) electrons. The highest BCUT2D eigenvalue weighted by Gasteiger charge is 2.43. The van der Waals surface area contributed by atoms with E-state index in [0.29, 0.717) is 13.0 Å². The van der Waals surface area contributed by atoms with E-state index >= 15 is 0 Å². The molecular weight excluding hydrogens is 196 g/mol. The van der Waals surface area contributed by atoms with Crippen LogP contribution in [0.4, 0.5) is 0 Å². The first-order chi connectivity index (χ1) is 7.03. The monoisotopic (exact) mass is 216 g/mol. The summed E-state index contributed by atoms with van der Waals surface area (Å²) in [5.74, 6) is 0.0278. The van der Waals surface area contributed by atoms with E-state index in [1.807, 2.05) is 20.8 Å². The highest BCUT2D eigenvalue weighted by Crippen LogP contribution is 2.39. The maximum Gasteiger partial charge on any atom is 0.306 e. The van der Waals surface area contributed by atoms with Gasteiger partial charge in [-0.1, -0.05) is 27.2 Å². The number of esters is 1. The van der Waals surface area contributed by atoms with Crippen molar-refractivity contribution >= 4 is 5.97 Å². The molecule has 1 aliphatic rings. The van der Waals surface area contributed by atoms with E-state index in [2.05, 4.69) is 4.89 Å². The van der Waals surface area contributed by atoms with Crippen LogP contribution in [0.5, 0.6) is 0 Å². The van der Waals surface area contributed by atoms with Gasteiger partial charge in [0.25, 0.3) is 0 Å².